The third-order valence-electron chi connectivity index (χ3n) is 2.13. The fourth-order valence-electron chi connectivity index (χ4n) is 1.41. The number of benzene rings is 1. The number of hydrogen-bond acceptors (Lipinski definition) is 3. The zero-order valence-corrected chi connectivity index (χ0v) is 10.4. The summed E-state index contributed by atoms with van der Waals surface area (Å²) >= 11 is 0. The van der Waals surface area contributed by atoms with Crippen LogP contribution in [0, 0.1) is 0 Å². The van der Waals surface area contributed by atoms with E-state index in [9.17, 15) is 0 Å². The first-order valence-electron chi connectivity index (χ1n) is 5.88. The third kappa shape index (κ3) is 5.73. The molecule has 0 saturated carbocycles. The highest BCUT2D eigenvalue weighted by molar-refractivity contribution is 5.26. The number of rotatable bonds is 5. The van der Waals surface area contributed by atoms with E-state index in [-0.39, 0.29) is 18.4 Å². The van der Waals surface area contributed by atoms with Crippen molar-refractivity contribution >= 4 is 0 Å². The van der Waals surface area contributed by atoms with Crippen molar-refractivity contribution in [2.24, 2.45) is 0 Å². The van der Waals surface area contributed by atoms with Crippen LogP contribution in [-0.2, 0) is 6.42 Å². The summed E-state index contributed by atoms with van der Waals surface area (Å²) in [5.41, 5.74) is 1.11. The molecule has 1 aromatic rings. The second-order valence-corrected chi connectivity index (χ2v) is 3.31. The van der Waals surface area contributed by atoms with E-state index in [4.69, 9.17) is 10.2 Å². The first-order valence-corrected chi connectivity index (χ1v) is 5.88. The molecule has 0 bridgehead atoms. The number of aromatic hydroxyl groups is 1. The Balaban J connectivity index is 0.00000106. The highest BCUT2D eigenvalue weighted by atomic mass is 16.3. The van der Waals surface area contributed by atoms with Gasteiger partial charge < -0.3 is 15.5 Å². The molecule has 1 aromatic carbocycles. The molecule has 0 heterocycles. The van der Waals surface area contributed by atoms with Crippen molar-refractivity contribution < 1.29 is 10.2 Å². The Kier molecular flexibility index (Phi) is 8.58. The van der Waals surface area contributed by atoms with Gasteiger partial charge in [0.25, 0.3) is 0 Å². The van der Waals surface area contributed by atoms with Gasteiger partial charge in [-0.15, -0.1) is 0 Å². The topological polar surface area (TPSA) is 52.5 Å². The largest absolute Gasteiger partial charge is 0.508 e. The number of likely N-dealkylation sites (N-methyl/N-ethyl adjacent to an activating group) is 1. The molecule has 3 N–H and O–H groups in total. The molecule has 0 radical (unpaired) electrons. The minimum atomic E-state index is 0.101. The maximum absolute atomic E-state index is 9.09. The van der Waals surface area contributed by atoms with E-state index in [2.05, 4.69) is 5.32 Å². The lowest BCUT2D eigenvalue weighted by Crippen LogP contribution is -2.34. The standard InChI is InChI=1S/C11H17NO2.C2H6/c1-2-12-10(8-13)7-9-3-5-11(14)6-4-9;1-2/h3-6,10,12-14H,2,7-8H2,1H3;1-2H3. The Labute approximate surface area is 98.1 Å². The van der Waals surface area contributed by atoms with E-state index in [1.807, 2.05) is 32.9 Å². The van der Waals surface area contributed by atoms with Gasteiger partial charge >= 0.3 is 0 Å². The first-order chi connectivity index (χ1) is 7.76. The Hall–Kier alpha value is -1.06. The van der Waals surface area contributed by atoms with Gasteiger partial charge in [-0.25, -0.2) is 0 Å². The quantitative estimate of drug-likeness (QED) is 0.717. The zero-order valence-electron chi connectivity index (χ0n) is 10.4. The zero-order chi connectivity index (χ0) is 12.4. The molecule has 0 aliphatic carbocycles. The molecule has 92 valence electrons. The monoisotopic (exact) mass is 225 g/mol. The van der Waals surface area contributed by atoms with Crippen molar-refractivity contribution in [1.82, 2.24) is 5.32 Å². The van der Waals surface area contributed by atoms with Gasteiger partial charge in [0.1, 0.15) is 5.75 Å². The second kappa shape index (κ2) is 9.19. The summed E-state index contributed by atoms with van der Waals surface area (Å²) in [4.78, 5) is 0. The molecule has 0 amide bonds. The number of nitrogens with one attached hydrogen (secondary N) is 1. The second-order valence-electron chi connectivity index (χ2n) is 3.31. The van der Waals surface area contributed by atoms with Crippen LogP contribution >= 0.6 is 0 Å². The lowest BCUT2D eigenvalue weighted by Gasteiger charge is -2.14. The average molecular weight is 225 g/mol. The van der Waals surface area contributed by atoms with E-state index in [1.165, 1.54) is 0 Å². The van der Waals surface area contributed by atoms with Gasteiger partial charge in [0.2, 0.25) is 0 Å². The molecule has 0 fully saturated rings. The smallest absolute Gasteiger partial charge is 0.115 e. The summed E-state index contributed by atoms with van der Waals surface area (Å²) in [6, 6.07) is 7.17. The molecular weight excluding hydrogens is 202 g/mol. The minimum absolute atomic E-state index is 0.101. The molecule has 16 heavy (non-hydrogen) atoms. The first kappa shape index (κ1) is 14.9. The summed E-state index contributed by atoms with van der Waals surface area (Å²) in [5, 5.41) is 21.3. The van der Waals surface area contributed by atoms with Crippen LogP contribution in [0.4, 0.5) is 0 Å². The molecule has 0 saturated heterocycles. The van der Waals surface area contributed by atoms with E-state index >= 15 is 0 Å². The molecule has 1 atom stereocenters. The van der Waals surface area contributed by atoms with Gasteiger partial charge in [0.15, 0.2) is 0 Å². The predicted molar refractivity (Wildman–Crippen MR) is 67.7 cm³/mol. The molecule has 0 aliphatic heterocycles. The summed E-state index contributed by atoms with van der Waals surface area (Å²) in [6.07, 6.45) is 0.782. The van der Waals surface area contributed by atoms with Crippen LogP contribution in [0.1, 0.15) is 26.3 Å². The van der Waals surface area contributed by atoms with Crippen molar-refractivity contribution in [3.05, 3.63) is 29.8 Å². The van der Waals surface area contributed by atoms with Crippen molar-refractivity contribution in [3.63, 3.8) is 0 Å². The van der Waals surface area contributed by atoms with Gasteiger partial charge in [0.05, 0.1) is 6.61 Å². The highest BCUT2D eigenvalue weighted by Gasteiger charge is 2.06. The number of hydrogen-bond donors (Lipinski definition) is 3. The summed E-state index contributed by atoms with van der Waals surface area (Å²) in [6.45, 7) is 7.00. The fourth-order valence-corrected chi connectivity index (χ4v) is 1.41. The highest BCUT2D eigenvalue weighted by Crippen LogP contribution is 2.11. The third-order valence-corrected chi connectivity index (χ3v) is 2.13. The van der Waals surface area contributed by atoms with E-state index in [0.29, 0.717) is 0 Å². The van der Waals surface area contributed by atoms with Crippen LogP contribution < -0.4 is 5.32 Å². The Morgan fingerprint density at radius 2 is 1.75 bits per heavy atom. The molecule has 3 nitrogen and oxygen atoms in total. The summed E-state index contributed by atoms with van der Waals surface area (Å²) < 4.78 is 0. The van der Waals surface area contributed by atoms with Crippen LogP contribution in [-0.4, -0.2) is 29.4 Å². The van der Waals surface area contributed by atoms with Crippen LogP contribution in [0.25, 0.3) is 0 Å². The number of phenols is 1. The van der Waals surface area contributed by atoms with Crippen molar-refractivity contribution in [3.8, 4) is 5.75 Å². The maximum atomic E-state index is 9.09. The molecule has 3 heteroatoms. The van der Waals surface area contributed by atoms with Crippen LogP contribution in [0.3, 0.4) is 0 Å². The fraction of sp³-hybridized carbons (Fsp3) is 0.538. The molecule has 1 rings (SSSR count). The van der Waals surface area contributed by atoms with Gasteiger partial charge in [0, 0.05) is 6.04 Å². The number of phenolic OH excluding ortho intramolecular Hbond substituents is 1. The molecular formula is C13H23NO2. The molecule has 1 unspecified atom stereocenters. The van der Waals surface area contributed by atoms with Crippen molar-refractivity contribution in [1.29, 1.82) is 0 Å². The number of aliphatic hydroxyl groups is 1. The minimum Gasteiger partial charge on any atom is -0.508 e. The number of aliphatic hydroxyl groups excluding tert-OH is 1. The van der Waals surface area contributed by atoms with E-state index in [0.717, 1.165) is 18.5 Å². The van der Waals surface area contributed by atoms with Crippen LogP contribution in [0.5, 0.6) is 5.75 Å². The summed E-state index contributed by atoms with van der Waals surface area (Å²) in [7, 11) is 0. The molecule has 0 aliphatic rings. The summed E-state index contributed by atoms with van der Waals surface area (Å²) in [5.74, 6) is 0.276. The Bertz CT molecular complexity index is 259. The van der Waals surface area contributed by atoms with Crippen molar-refractivity contribution in [2.75, 3.05) is 13.2 Å². The Morgan fingerprint density at radius 1 is 1.19 bits per heavy atom. The SMILES string of the molecule is CC.CCNC(CO)Cc1ccc(O)cc1. The van der Waals surface area contributed by atoms with Gasteiger partial charge in [-0.1, -0.05) is 32.9 Å². The van der Waals surface area contributed by atoms with Gasteiger partial charge in [-0.3, -0.25) is 0 Å². The van der Waals surface area contributed by atoms with E-state index < -0.39 is 0 Å². The van der Waals surface area contributed by atoms with Crippen LogP contribution in [0.2, 0.25) is 0 Å². The lowest BCUT2D eigenvalue weighted by molar-refractivity contribution is 0.243. The molecule has 0 spiro atoms. The Morgan fingerprint density at radius 3 is 2.19 bits per heavy atom. The van der Waals surface area contributed by atoms with Gasteiger partial charge in [-0.2, -0.15) is 0 Å². The van der Waals surface area contributed by atoms with E-state index in [1.54, 1.807) is 12.1 Å². The normalized spacial score (nSPS) is 11.5. The van der Waals surface area contributed by atoms with Crippen molar-refractivity contribution in [2.45, 2.75) is 33.2 Å². The average Bonchev–Trinajstić information content (AvgIpc) is 2.34. The van der Waals surface area contributed by atoms with Crippen LogP contribution in [0.15, 0.2) is 24.3 Å². The van der Waals surface area contributed by atoms with Gasteiger partial charge in [-0.05, 0) is 30.7 Å². The maximum Gasteiger partial charge on any atom is 0.115 e. The molecule has 0 aromatic heterocycles. The lowest BCUT2D eigenvalue weighted by atomic mass is 10.1. The predicted octanol–water partition coefficient (Wildman–Crippen LogP) is 1.93.